The van der Waals surface area contributed by atoms with E-state index in [9.17, 15) is 14.7 Å². The maximum atomic E-state index is 12.8. The Labute approximate surface area is 152 Å². The summed E-state index contributed by atoms with van der Waals surface area (Å²) in [7, 11) is 0. The van der Waals surface area contributed by atoms with Gasteiger partial charge in [0.25, 0.3) is 0 Å². The Bertz CT molecular complexity index is 763. The number of carbonyl (C=O) groups is 2. The van der Waals surface area contributed by atoms with Gasteiger partial charge < -0.3 is 10.0 Å². The molecule has 1 aliphatic heterocycles. The third-order valence-corrected chi connectivity index (χ3v) is 5.04. The van der Waals surface area contributed by atoms with Crippen LogP contribution in [0.2, 0.25) is 5.02 Å². The zero-order chi connectivity index (χ0) is 17.8. The number of rotatable bonds is 5. The highest BCUT2D eigenvalue weighted by atomic mass is 35.5. The zero-order valence-electron chi connectivity index (χ0n) is 13.8. The van der Waals surface area contributed by atoms with E-state index in [1.54, 1.807) is 6.07 Å². The Morgan fingerprint density at radius 1 is 1.04 bits per heavy atom. The molecule has 5 heteroatoms. The minimum absolute atomic E-state index is 0.140. The molecule has 0 saturated carbocycles. The maximum Gasteiger partial charge on any atom is 0.326 e. The van der Waals surface area contributed by atoms with E-state index in [1.165, 1.54) is 4.90 Å². The lowest BCUT2D eigenvalue weighted by Crippen LogP contribution is -2.42. The molecule has 2 aromatic carbocycles. The van der Waals surface area contributed by atoms with Crippen LogP contribution in [0.15, 0.2) is 54.6 Å². The van der Waals surface area contributed by atoms with Crippen LogP contribution in [0.25, 0.3) is 0 Å². The predicted octanol–water partition coefficient (Wildman–Crippen LogP) is 4.09. The summed E-state index contributed by atoms with van der Waals surface area (Å²) in [5.74, 6) is -1.10. The van der Waals surface area contributed by atoms with Crippen molar-refractivity contribution in [2.75, 3.05) is 0 Å². The average molecular weight is 358 g/mol. The van der Waals surface area contributed by atoms with E-state index in [1.807, 2.05) is 48.5 Å². The SMILES string of the molecule is O=C(O)[C@@H]1CC[C@H](c2ccccc2Cl)N1C(=O)CCc1ccccc1. The lowest BCUT2D eigenvalue weighted by atomic mass is 10.0. The third kappa shape index (κ3) is 3.85. The van der Waals surface area contributed by atoms with Crippen molar-refractivity contribution in [2.45, 2.75) is 37.8 Å². The highest BCUT2D eigenvalue weighted by Gasteiger charge is 2.41. The Morgan fingerprint density at radius 3 is 2.40 bits per heavy atom. The highest BCUT2D eigenvalue weighted by Crippen LogP contribution is 2.39. The molecule has 1 aliphatic rings. The van der Waals surface area contributed by atoms with Gasteiger partial charge in [0, 0.05) is 11.4 Å². The standard InChI is InChI=1S/C20H20ClNO3/c21-16-9-5-4-8-15(16)17-11-12-18(20(24)25)22(17)19(23)13-10-14-6-2-1-3-7-14/h1-9,17-18H,10-13H2,(H,24,25)/t17-,18+/m1/s1. The van der Waals surface area contributed by atoms with E-state index in [2.05, 4.69) is 0 Å². The summed E-state index contributed by atoms with van der Waals surface area (Å²) in [5.41, 5.74) is 1.89. The van der Waals surface area contributed by atoms with E-state index >= 15 is 0 Å². The second-order valence-electron chi connectivity index (χ2n) is 6.26. The normalized spacial score (nSPS) is 19.8. The molecule has 3 rings (SSSR count). The number of amides is 1. The molecular weight excluding hydrogens is 338 g/mol. The maximum absolute atomic E-state index is 12.8. The number of hydrogen-bond donors (Lipinski definition) is 1. The van der Waals surface area contributed by atoms with Crippen LogP contribution in [0.5, 0.6) is 0 Å². The summed E-state index contributed by atoms with van der Waals surface area (Å²) in [6.07, 6.45) is 1.94. The minimum atomic E-state index is -0.956. The number of benzene rings is 2. The molecule has 4 nitrogen and oxygen atoms in total. The lowest BCUT2D eigenvalue weighted by Gasteiger charge is -2.29. The van der Waals surface area contributed by atoms with E-state index in [0.29, 0.717) is 24.3 Å². The van der Waals surface area contributed by atoms with Crippen molar-refractivity contribution in [3.8, 4) is 0 Å². The van der Waals surface area contributed by atoms with Crippen LogP contribution < -0.4 is 0 Å². The van der Waals surface area contributed by atoms with E-state index in [-0.39, 0.29) is 18.4 Å². The van der Waals surface area contributed by atoms with Gasteiger partial charge in [-0.15, -0.1) is 0 Å². The Balaban J connectivity index is 1.81. The topological polar surface area (TPSA) is 57.6 Å². The van der Waals surface area contributed by atoms with Gasteiger partial charge in [0.1, 0.15) is 6.04 Å². The van der Waals surface area contributed by atoms with Crippen LogP contribution in [-0.2, 0) is 16.0 Å². The number of carboxylic acids is 1. The van der Waals surface area contributed by atoms with Crippen molar-refractivity contribution < 1.29 is 14.7 Å². The second kappa shape index (κ2) is 7.70. The fraction of sp³-hybridized carbons (Fsp3) is 0.300. The van der Waals surface area contributed by atoms with Crippen LogP contribution in [0.4, 0.5) is 0 Å². The van der Waals surface area contributed by atoms with Gasteiger partial charge in [0.2, 0.25) is 5.91 Å². The Hall–Kier alpha value is -2.33. The molecule has 0 aliphatic carbocycles. The molecule has 0 radical (unpaired) electrons. The molecule has 0 bridgehead atoms. The molecule has 2 atom stereocenters. The van der Waals surface area contributed by atoms with Gasteiger partial charge in [-0.2, -0.15) is 0 Å². The fourth-order valence-corrected chi connectivity index (χ4v) is 3.74. The van der Waals surface area contributed by atoms with Gasteiger partial charge in [0.05, 0.1) is 6.04 Å². The number of carboxylic acid groups (broad SMARTS) is 1. The number of likely N-dealkylation sites (tertiary alicyclic amines) is 1. The number of halogens is 1. The molecule has 0 aromatic heterocycles. The third-order valence-electron chi connectivity index (χ3n) is 4.69. The van der Waals surface area contributed by atoms with Crippen LogP contribution in [-0.4, -0.2) is 27.9 Å². The number of aliphatic carboxylic acids is 1. The first-order chi connectivity index (χ1) is 12.1. The van der Waals surface area contributed by atoms with Gasteiger partial charge in [-0.05, 0) is 36.5 Å². The summed E-state index contributed by atoms with van der Waals surface area (Å²) < 4.78 is 0. The number of hydrogen-bond acceptors (Lipinski definition) is 2. The number of nitrogens with zero attached hydrogens (tertiary/aromatic N) is 1. The van der Waals surface area contributed by atoms with Crippen molar-refractivity contribution in [2.24, 2.45) is 0 Å². The summed E-state index contributed by atoms with van der Waals surface area (Å²) >= 11 is 6.29. The van der Waals surface area contributed by atoms with E-state index in [4.69, 9.17) is 11.6 Å². The van der Waals surface area contributed by atoms with Gasteiger partial charge >= 0.3 is 5.97 Å². The first kappa shape index (κ1) is 17.5. The van der Waals surface area contributed by atoms with Crippen molar-refractivity contribution in [1.82, 2.24) is 4.90 Å². The monoisotopic (exact) mass is 357 g/mol. The molecule has 1 fully saturated rings. The highest BCUT2D eigenvalue weighted by molar-refractivity contribution is 6.31. The van der Waals surface area contributed by atoms with Crippen molar-refractivity contribution in [3.63, 3.8) is 0 Å². The van der Waals surface area contributed by atoms with Crippen LogP contribution >= 0.6 is 11.6 Å². The molecule has 2 aromatic rings. The molecule has 0 spiro atoms. The zero-order valence-corrected chi connectivity index (χ0v) is 14.5. The summed E-state index contributed by atoms with van der Waals surface area (Å²) in [4.78, 5) is 26.0. The fourth-order valence-electron chi connectivity index (χ4n) is 3.48. The number of carbonyl (C=O) groups excluding carboxylic acids is 1. The van der Waals surface area contributed by atoms with Crippen LogP contribution in [0.1, 0.15) is 36.4 Å². The van der Waals surface area contributed by atoms with Gasteiger partial charge in [-0.1, -0.05) is 60.1 Å². The molecule has 1 saturated heterocycles. The smallest absolute Gasteiger partial charge is 0.326 e. The summed E-state index contributed by atoms with van der Waals surface area (Å²) in [5, 5.41) is 10.1. The van der Waals surface area contributed by atoms with Gasteiger partial charge in [-0.25, -0.2) is 4.79 Å². The van der Waals surface area contributed by atoms with Crippen LogP contribution in [0.3, 0.4) is 0 Å². The summed E-state index contributed by atoms with van der Waals surface area (Å²) in [6, 6.07) is 16.0. The second-order valence-corrected chi connectivity index (χ2v) is 6.66. The quantitative estimate of drug-likeness (QED) is 0.876. The molecule has 1 heterocycles. The first-order valence-electron chi connectivity index (χ1n) is 8.40. The lowest BCUT2D eigenvalue weighted by molar-refractivity contribution is -0.149. The van der Waals surface area contributed by atoms with Crippen LogP contribution in [0, 0.1) is 0 Å². The molecule has 25 heavy (non-hydrogen) atoms. The Morgan fingerprint density at radius 2 is 1.72 bits per heavy atom. The molecule has 1 amide bonds. The van der Waals surface area contributed by atoms with Crippen molar-refractivity contribution in [3.05, 3.63) is 70.7 Å². The van der Waals surface area contributed by atoms with E-state index < -0.39 is 12.0 Å². The van der Waals surface area contributed by atoms with E-state index in [0.717, 1.165) is 11.1 Å². The summed E-state index contributed by atoms with van der Waals surface area (Å²) in [6.45, 7) is 0. The molecule has 1 N–H and O–H groups in total. The Kier molecular flexibility index (Phi) is 5.39. The first-order valence-corrected chi connectivity index (χ1v) is 8.78. The van der Waals surface area contributed by atoms with Gasteiger partial charge in [0.15, 0.2) is 0 Å². The molecular formula is C20H20ClNO3. The minimum Gasteiger partial charge on any atom is -0.480 e. The van der Waals surface area contributed by atoms with Crippen molar-refractivity contribution in [1.29, 1.82) is 0 Å². The molecule has 130 valence electrons. The van der Waals surface area contributed by atoms with Crippen molar-refractivity contribution >= 4 is 23.5 Å². The predicted molar refractivity (Wildman–Crippen MR) is 96.5 cm³/mol. The molecule has 0 unspecified atom stereocenters. The van der Waals surface area contributed by atoms with Gasteiger partial charge in [-0.3, -0.25) is 4.79 Å². The largest absolute Gasteiger partial charge is 0.480 e. The number of aryl methyl sites for hydroxylation is 1. The average Bonchev–Trinajstić information content (AvgIpc) is 3.06.